The minimum Gasteiger partial charge on any atom is -0.492 e. The van der Waals surface area contributed by atoms with Gasteiger partial charge in [-0.25, -0.2) is 18.4 Å². The van der Waals surface area contributed by atoms with Gasteiger partial charge >= 0.3 is 11.9 Å². The molecule has 3 aromatic heterocycles. The van der Waals surface area contributed by atoms with Gasteiger partial charge in [-0.3, -0.25) is 9.78 Å². The van der Waals surface area contributed by atoms with Gasteiger partial charge in [0.25, 0.3) is 0 Å². The number of Topliss-reactive ketones (excluding diaryl/α,β-unsaturated/α-hetero) is 1. The van der Waals surface area contributed by atoms with Crippen LogP contribution < -0.4 is 9.47 Å². The van der Waals surface area contributed by atoms with E-state index in [1.807, 2.05) is 13.0 Å². The third-order valence-electron chi connectivity index (χ3n) is 8.62. The third kappa shape index (κ3) is 5.00. The molecule has 0 unspecified atom stereocenters. The smallest absolute Gasteiger partial charge is 0.355 e. The first-order chi connectivity index (χ1) is 23.2. The molecule has 0 saturated heterocycles. The molecule has 5 aromatic rings. The van der Waals surface area contributed by atoms with Crippen molar-refractivity contribution in [1.82, 2.24) is 15.0 Å². The summed E-state index contributed by atoms with van der Waals surface area (Å²) in [6.45, 7) is 4.63. The minimum atomic E-state index is -1.20. The second kappa shape index (κ2) is 12.1. The average molecular weight is 654 g/mol. The second-order valence-corrected chi connectivity index (χ2v) is 11.4. The first kappa shape index (κ1) is 30.9. The lowest BCUT2D eigenvalue weighted by Crippen LogP contribution is -2.08. The molecule has 0 bridgehead atoms. The van der Waals surface area contributed by atoms with E-state index in [-0.39, 0.29) is 41.6 Å². The van der Waals surface area contributed by atoms with Crippen molar-refractivity contribution in [2.24, 2.45) is 0 Å². The lowest BCUT2D eigenvalue weighted by molar-refractivity contribution is -0.113. The van der Waals surface area contributed by atoms with E-state index in [1.54, 1.807) is 37.4 Å². The molecule has 0 saturated carbocycles. The number of carbonyl (C=O) groups is 3. The van der Waals surface area contributed by atoms with E-state index < -0.39 is 17.8 Å². The quantitative estimate of drug-likeness (QED) is 0.179. The average Bonchev–Trinajstić information content (AvgIpc) is 3.86. The zero-order valence-electron chi connectivity index (χ0n) is 26.0. The van der Waals surface area contributed by atoms with Crippen LogP contribution in [0.4, 0.5) is 8.78 Å². The first-order valence-electron chi connectivity index (χ1n) is 15.4. The molecule has 244 valence electrons. The highest BCUT2D eigenvalue weighted by atomic mass is 19.1. The number of H-pyrrole nitrogens is 2. The predicted molar refractivity (Wildman–Crippen MR) is 173 cm³/mol. The third-order valence-corrected chi connectivity index (χ3v) is 8.62. The number of ketones is 1. The number of carboxylic acid groups (broad SMARTS) is 1. The monoisotopic (exact) mass is 653 g/mol. The fourth-order valence-corrected chi connectivity index (χ4v) is 6.54. The van der Waals surface area contributed by atoms with Gasteiger partial charge < -0.3 is 29.3 Å². The Hall–Kier alpha value is -5.78. The number of nitrogens with one attached hydrogen (secondary N) is 2. The van der Waals surface area contributed by atoms with Crippen molar-refractivity contribution in [1.29, 1.82) is 0 Å². The van der Waals surface area contributed by atoms with Crippen LogP contribution in [0.5, 0.6) is 11.5 Å². The number of aromatic carboxylic acids is 1. The van der Waals surface area contributed by atoms with Crippen LogP contribution >= 0.6 is 0 Å². The molecule has 8 rings (SSSR count). The van der Waals surface area contributed by atoms with Crippen LogP contribution in [0.15, 0.2) is 48.7 Å². The largest absolute Gasteiger partial charge is 0.492 e. The standard InChI is InChI=1S/C19H17FN2O3.C17H12FNO4/c1-3-24-19(23)17-15(11-5-4-7-21-10(11)2)16-14(22-17)9-13(20)12-6-8-25-18(12)16;18-10-7-11-14(16-8(10)5-6-23-16)13(15(19-11)17(21)22)9-3-1-2-4-12(9)20/h4-5,7,9,22H,3,6,8H2,1-2H3;1-3,7,19H,4-6H2,(H,21,22). The number of aromatic nitrogens is 3. The molecule has 0 amide bonds. The van der Waals surface area contributed by atoms with Gasteiger partial charge in [0.1, 0.15) is 34.5 Å². The first-order valence-corrected chi connectivity index (χ1v) is 15.4. The van der Waals surface area contributed by atoms with E-state index in [0.717, 1.165) is 11.3 Å². The molecule has 0 spiro atoms. The van der Waals surface area contributed by atoms with Crippen LogP contribution in [-0.4, -0.2) is 57.6 Å². The highest BCUT2D eigenvalue weighted by molar-refractivity contribution is 6.28. The van der Waals surface area contributed by atoms with E-state index in [9.17, 15) is 28.3 Å². The van der Waals surface area contributed by atoms with Gasteiger partial charge in [0.15, 0.2) is 5.78 Å². The zero-order valence-corrected chi connectivity index (χ0v) is 26.0. The number of aryl methyl sites for hydroxylation is 1. The molecule has 0 fully saturated rings. The maximum Gasteiger partial charge on any atom is 0.355 e. The molecule has 10 nitrogen and oxygen atoms in total. The van der Waals surface area contributed by atoms with E-state index >= 15 is 0 Å². The van der Waals surface area contributed by atoms with Gasteiger partial charge in [0.05, 0.1) is 41.6 Å². The molecule has 3 N–H and O–H groups in total. The number of fused-ring (bicyclic) bond motifs is 6. The number of pyridine rings is 1. The second-order valence-electron chi connectivity index (χ2n) is 11.4. The highest BCUT2D eigenvalue weighted by Crippen LogP contribution is 2.45. The summed E-state index contributed by atoms with van der Waals surface area (Å²) in [7, 11) is 0. The lowest BCUT2D eigenvalue weighted by atomic mass is 9.92. The Bertz CT molecular complexity index is 2250. The number of halogens is 2. The van der Waals surface area contributed by atoms with E-state index in [1.165, 1.54) is 12.1 Å². The minimum absolute atomic E-state index is 0.127. The number of nitrogens with zero attached hydrogens (tertiary/aromatic N) is 1. The summed E-state index contributed by atoms with van der Waals surface area (Å²) in [5, 5.41) is 10.6. The number of benzene rings is 2. The number of ether oxygens (including phenoxy) is 3. The summed E-state index contributed by atoms with van der Waals surface area (Å²) in [5.74, 6) is -1.78. The van der Waals surface area contributed by atoms with Crippen LogP contribution in [0.3, 0.4) is 0 Å². The van der Waals surface area contributed by atoms with Crippen molar-refractivity contribution in [3.05, 3.63) is 94.1 Å². The van der Waals surface area contributed by atoms with Crippen molar-refractivity contribution in [2.75, 3.05) is 19.8 Å². The molecule has 5 heterocycles. The Morgan fingerprint density at radius 1 is 0.979 bits per heavy atom. The van der Waals surface area contributed by atoms with Gasteiger partial charge in [0.2, 0.25) is 0 Å². The predicted octanol–water partition coefficient (Wildman–Crippen LogP) is 6.64. The van der Waals surface area contributed by atoms with Gasteiger partial charge in [-0.1, -0.05) is 24.3 Å². The number of esters is 1. The Balaban J connectivity index is 0.000000152. The number of carboxylic acids is 1. The van der Waals surface area contributed by atoms with Crippen molar-refractivity contribution in [3.8, 4) is 22.6 Å². The number of aromatic amines is 2. The topological polar surface area (TPSA) is 144 Å². The number of rotatable bonds is 5. The van der Waals surface area contributed by atoms with Crippen LogP contribution in [0, 0.1) is 18.6 Å². The molecule has 3 aliphatic rings. The van der Waals surface area contributed by atoms with Crippen molar-refractivity contribution < 1.29 is 42.5 Å². The van der Waals surface area contributed by atoms with Gasteiger partial charge in [0, 0.05) is 64.5 Å². The fourth-order valence-electron chi connectivity index (χ4n) is 6.54. The number of hydrogen-bond donors (Lipinski definition) is 3. The fraction of sp³-hybridized carbons (Fsp3) is 0.222. The summed E-state index contributed by atoms with van der Waals surface area (Å²) in [6, 6.07) is 6.38. The number of hydrogen-bond acceptors (Lipinski definition) is 7. The molecular weight excluding hydrogens is 624 g/mol. The molecule has 48 heavy (non-hydrogen) atoms. The summed E-state index contributed by atoms with van der Waals surface area (Å²) in [4.78, 5) is 46.4. The van der Waals surface area contributed by atoms with Crippen molar-refractivity contribution in [2.45, 2.75) is 33.1 Å². The zero-order chi connectivity index (χ0) is 33.7. The summed E-state index contributed by atoms with van der Waals surface area (Å²) in [5.41, 5.74) is 4.76. The molecule has 2 aliphatic heterocycles. The Kier molecular flexibility index (Phi) is 7.78. The van der Waals surface area contributed by atoms with Crippen LogP contribution in [0.25, 0.3) is 38.5 Å². The maximum atomic E-state index is 14.4. The Labute approximate surface area is 272 Å². The van der Waals surface area contributed by atoms with Crippen LogP contribution in [-0.2, 0) is 22.4 Å². The van der Waals surface area contributed by atoms with Gasteiger partial charge in [-0.05, 0) is 32.0 Å². The molecule has 0 atom stereocenters. The normalized spacial score (nSPS) is 14.6. The summed E-state index contributed by atoms with van der Waals surface area (Å²) >= 11 is 0. The SMILES string of the molecule is CCOC(=O)c1[nH]c2cc(F)c3c(c2c1-c1cccnc1C)OCC3.O=C1CC=CC=C1c1c(C(=O)O)[nH]c2cc(F)c3c(c12)OCC3. The molecule has 1 aliphatic carbocycles. The van der Waals surface area contributed by atoms with Crippen molar-refractivity contribution >= 4 is 45.1 Å². The summed E-state index contributed by atoms with van der Waals surface area (Å²) < 4.78 is 44.9. The van der Waals surface area contributed by atoms with Gasteiger partial charge in [-0.2, -0.15) is 0 Å². The molecular formula is C36H29F2N3O7. The van der Waals surface area contributed by atoms with Crippen LogP contribution in [0.2, 0.25) is 0 Å². The number of carbonyl (C=O) groups excluding carboxylic acids is 2. The van der Waals surface area contributed by atoms with E-state index in [2.05, 4.69) is 15.0 Å². The molecule has 0 radical (unpaired) electrons. The summed E-state index contributed by atoms with van der Waals surface area (Å²) in [6.07, 6.45) is 7.86. The maximum absolute atomic E-state index is 14.4. The van der Waals surface area contributed by atoms with Gasteiger partial charge in [-0.15, -0.1) is 0 Å². The van der Waals surface area contributed by atoms with Crippen LogP contribution in [0.1, 0.15) is 56.7 Å². The Morgan fingerprint density at radius 3 is 2.19 bits per heavy atom. The molecule has 2 aromatic carbocycles. The lowest BCUT2D eigenvalue weighted by Gasteiger charge is -2.10. The van der Waals surface area contributed by atoms with E-state index in [0.29, 0.717) is 81.6 Å². The molecule has 12 heteroatoms. The highest BCUT2D eigenvalue weighted by Gasteiger charge is 2.31. The number of allylic oxidation sites excluding steroid dienone is 4. The Morgan fingerprint density at radius 2 is 1.60 bits per heavy atom. The van der Waals surface area contributed by atoms with Crippen molar-refractivity contribution in [3.63, 3.8) is 0 Å². The van der Waals surface area contributed by atoms with E-state index in [4.69, 9.17) is 14.2 Å².